The standard InChI is InChI=1S/C18H14F3N3O/c1-11(2)17-23-15-9-12(10-22)3-8-16(15)24(17)13-4-6-14(7-5-13)25-18(19,20)21/h3-9,11H,1-2H3. The minimum absolute atomic E-state index is 0.0871. The molecule has 0 amide bonds. The van der Waals surface area contributed by atoms with Crippen molar-refractivity contribution in [3.05, 3.63) is 53.9 Å². The maximum atomic E-state index is 12.3. The van der Waals surface area contributed by atoms with E-state index < -0.39 is 6.36 Å². The van der Waals surface area contributed by atoms with Gasteiger partial charge >= 0.3 is 6.36 Å². The van der Waals surface area contributed by atoms with Gasteiger partial charge in [-0.2, -0.15) is 5.26 Å². The maximum Gasteiger partial charge on any atom is 0.573 e. The summed E-state index contributed by atoms with van der Waals surface area (Å²) in [6.45, 7) is 3.95. The van der Waals surface area contributed by atoms with Crippen molar-refractivity contribution in [2.45, 2.75) is 26.1 Å². The van der Waals surface area contributed by atoms with Crippen molar-refractivity contribution in [3.8, 4) is 17.5 Å². The van der Waals surface area contributed by atoms with Crippen LogP contribution in [0.15, 0.2) is 42.5 Å². The average molecular weight is 345 g/mol. The molecule has 1 aromatic heterocycles. The van der Waals surface area contributed by atoms with Crippen molar-refractivity contribution in [1.82, 2.24) is 9.55 Å². The number of hydrogen-bond donors (Lipinski definition) is 0. The molecule has 1 heterocycles. The molecule has 0 bridgehead atoms. The minimum Gasteiger partial charge on any atom is -0.406 e. The predicted octanol–water partition coefficient (Wildman–Crippen LogP) is 4.92. The second-order valence-electron chi connectivity index (χ2n) is 5.82. The number of halogens is 3. The molecule has 25 heavy (non-hydrogen) atoms. The molecule has 3 aromatic rings. The number of ether oxygens (including phenoxy) is 1. The number of rotatable bonds is 3. The highest BCUT2D eigenvalue weighted by atomic mass is 19.4. The molecule has 0 aliphatic carbocycles. The molecule has 3 rings (SSSR count). The number of aromatic nitrogens is 2. The molecule has 0 atom stereocenters. The van der Waals surface area contributed by atoms with Crippen LogP contribution >= 0.6 is 0 Å². The molecule has 0 aliphatic heterocycles. The van der Waals surface area contributed by atoms with Gasteiger partial charge in [0.15, 0.2) is 0 Å². The van der Waals surface area contributed by atoms with Gasteiger partial charge in [0.05, 0.1) is 22.7 Å². The molecule has 0 aliphatic rings. The molecular weight excluding hydrogens is 331 g/mol. The van der Waals surface area contributed by atoms with Crippen molar-refractivity contribution >= 4 is 11.0 Å². The van der Waals surface area contributed by atoms with Gasteiger partial charge in [0.25, 0.3) is 0 Å². The van der Waals surface area contributed by atoms with E-state index >= 15 is 0 Å². The van der Waals surface area contributed by atoms with E-state index in [-0.39, 0.29) is 11.7 Å². The van der Waals surface area contributed by atoms with Gasteiger partial charge in [-0.3, -0.25) is 4.57 Å². The van der Waals surface area contributed by atoms with Gasteiger partial charge in [-0.05, 0) is 42.5 Å². The smallest absolute Gasteiger partial charge is 0.406 e. The third kappa shape index (κ3) is 3.43. The zero-order valence-corrected chi connectivity index (χ0v) is 13.5. The van der Waals surface area contributed by atoms with Crippen molar-refractivity contribution in [3.63, 3.8) is 0 Å². The molecule has 7 heteroatoms. The lowest BCUT2D eigenvalue weighted by atomic mass is 10.2. The molecule has 0 fully saturated rings. The first-order chi connectivity index (χ1) is 11.8. The zero-order valence-electron chi connectivity index (χ0n) is 13.5. The highest BCUT2D eigenvalue weighted by Gasteiger charge is 2.31. The van der Waals surface area contributed by atoms with Crippen LogP contribution in [-0.2, 0) is 0 Å². The number of hydrogen-bond acceptors (Lipinski definition) is 3. The fourth-order valence-corrected chi connectivity index (χ4v) is 2.62. The van der Waals surface area contributed by atoms with Gasteiger partial charge in [-0.15, -0.1) is 13.2 Å². The second-order valence-corrected chi connectivity index (χ2v) is 5.82. The fraction of sp³-hybridized carbons (Fsp3) is 0.222. The van der Waals surface area contributed by atoms with Gasteiger partial charge in [0.1, 0.15) is 11.6 Å². The quantitative estimate of drug-likeness (QED) is 0.677. The Morgan fingerprint density at radius 1 is 1.12 bits per heavy atom. The van der Waals surface area contributed by atoms with Crippen LogP contribution in [0.25, 0.3) is 16.7 Å². The normalized spacial score (nSPS) is 11.7. The highest BCUT2D eigenvalue weighted by Crippen LogP contribution is 2.29. The first-order valence-electron chi connectivity index (χ1n) is 7.57. The largest absolute Gasteiger partial charge is 0.573 e. The van der Waals surface area contributed by atoms with E-state index in [1.807, 2.05) is 18.4 Å². The monoisotopic (exact) mass is 345 g/mol. The summed E-state index contributed by atoms with van der Waals surface area (Å²) >= 11 is 0. The first kappa shape index (κ1) is 16.8. The van der Waals surface area contributed by atoms with Crippen LogP contribution in [0.2, 0.25) is 0 Å². The SMILES string of the molecule is CC(C)c1nc2cc(C#N)ccc2n1-c1ccc(OC(F)(F)F)cc1. The van der Waals surface area contributed by atoms with Crippen LogP contribution in [-0.4, -0.2) is 15.9 Å². The topological polar surface area (TPSA) is 50.8 Å². The van der Waals surface area contributed by atoms with E-state index in [4.69, 9.17) is 5.26 Å². The maximum absolute atomic E-state index is 12.3. The van der Waals surface area contributed by atoms with Gasteiger partial charge in [-0.1, -0.05) is 13.8 Å². The van der Waals surface area contributed by atoms with Crippen molar-refractivity contribution in [1.29, 1.82) is 5.26 Å². The zero-order chi connectivity index (χ0) is 18.2. The number of alkyl halides is 3. The average Bonchev–Trinajstić information content (AvgIpc) is 2.93. The van der Waals surface area contributed by atoms with Crippen molar-refractivity contribution in [2.75, 3.05) is 0 Å². The Labute approximate surface area is 142 Å². The Morgan fingerprint density at radius 3 is 2.36 bits per heavy atom. The molecule has 0 saturated carbocycles. The molecule has 2 aromatic carbocycles. The molecule has 0 radical (unpaired) electrons. The Kier molecular flexibility index (Phi) is 4.13. The summed E-state index contributed by atoms with van der Waals surface area (Å²) in [5.74, 6) is 0.567. The van der Waals surface area contributed by atoms with E-state index in [9.17, 15) is 13.2 Å². The van der Waals surface area contributed by atoms with E-state index in [0.717, 1.165) is 11.3 Å². The summed E-state index contributed by atoms with van der Waals surface area (Å²) in [6.07, 6.45) is -4.72. The van der Waals surface area contributed by atoms with Crippen LogP contribution in [0, 0.1) is 11.3 Å². The molecule has 0 spiro atoms. The second kappa shape index (κ2) is 6.13. The number of nitrogens with zero attached hydrogens (tertiary/aromatic N) is 3. The van der Waals surface area contributed by atoms with Gasteiger partial charge in [-0.25, -0.2) is 4.98 Å². The molecule has 4 nitrogen and oxygen atoms in total. The fourth-order valence-electron chi connectivity index (χ4n) is 2.62. The molecular formula is C18H14F3N3O. The van der Waals surface area contributed by atoms with Crippen molar-refractivity contribution in [2.24, 2.45) is 0 Å². The summed E-state index contributed by atoms with van der Waals surface area (Å²) < 4.78 is 42.7. The Morgan fingerprint density at radius 2 is 1.80 bits per heavy atom. The molecule has 128 valence electrons. The van der Waals surface area contributed by atoms with Crippen LogP contribution in [0.5, 0.6) is 5.75 Å². The lowest BCUT2D eigenvalue weighted by Crippen LogP contribution is -2.17. The van der Waals surface area contributed by atoms with E-state index in [0.29, 0.717) is 16.8 Å². The van der Waals surface area contributed by atoms with Gasteiger partial charge < -0.3 is 4.74 Å². The summed E-state index contributed by atoms with van der Waals surface area (Å²) in [5, 5.41) is 9.03. The number of fused-ring (bicyclic) bond motifs is 1. The summed E-state index contributed by atoms with van der Waals surface area (Å²) in [6, 6.07) is 12.9. The van der Waals surface area contributed by atoms with Gasteiger partial charge in [0, 0.05) is 11.6 Å². The summed E-state index contributed by atoms with van der Waals surface area (Å²) in [7, 11) is 0. The predicted molar refractivity (Wildman–Crippen MR) is 86.6 cm³/mol. The van der Waals surface area contributed by atoms with E-state index in [1.54, 1.807) is 30.3 Å². The third-order valence-electron chi connectivity index (χ3n) is 3.65. The van der Waals surface area contributed by atoms with Crippen LogP contribution in [0.4, 0.5) is 13.2 Å². The summed E-state index contributed by atoms with van der Waals surface area (Å²) in [4.78, 5) is 4.58. The Bertz CT molecular complexity index is 951. The summed E-state index contributed by atoms with van der Waals surface area (Å²) in [5.41, 5.74) is 2.62. The molecule has 0 N–H and O–H groups in total. The molecule has 0 unspecified atom stereocenters. The number of imidazole rings is 1. The van der Waals surface area contributed by atoms with Crippen molar-refractivity contribution < 1.29 is 17.9 Å². The number of benzene rings is 2. The Hall–Kier alpha value is -3.01. The van der Waals surface area contributed by atoms with Crippen LogP contribution < -0.4 is 4.74 Å². The van der Waals surface area contributed by atoms with E-state index in [2.05, 4.69) is 15.8 Å². The Balaban J connectivity index is 2.11. The van der Waals surface area contributed by atoms with E-state index in [1.165, 1.54) is 12.1 Å². The third-order valence-corrected chi connectivity index (χ3v) is 3.65. The van der Waals surface area contributed by atoms with Crippen LogP contribution in [0.1, 0.15) is 31.2 Å². The van der Waals surface area contributed by atoms with Gasteiger partial charge in [0.2, 0.25) is 0 Å². The lowest BCUT2D eigenvalue weighted by molar-refractivity contribution is -0.274. The minimum atomic E-state index is -4.72. The first-order valence-corrected chi connectivity index (χ1v) is 7.57. The number of nitriles is 1. The lowest BCUT2D eigenvalue weighted by Gasteiger charge is -2.13. The van der Waals surface area contributed by atoms with Crippen LogP contribution in [0.3, 0.4) is 0 Å². The highest BCUT2D eigenvalue weighted by molar-refractivity contribution is 5.80. The molecule has 0 saturated heterocycles.